The number of hydrogen-bond donors (Lipinski definition) is 2. The zero-order chi connectivity index (χ0) is 18.6. The fraction of sp³-hybridized carbons (Fsp3) is 0.421. The normalized spacial score (nSPS) is 13.2. The molecule has 2 N–H and O–H groups in total. The van der Waals surface area contributed by atoms with E-state index in [1.165, 1.54) is 0 Å². The Labute approximate surface area is 148 Å². The average Bonchev–Trinajstić information content (AvgIpc) is 2.60. The van der Waals surface area contributed by atoms with Gasteiger partial charge in [-0.05, 0) is 51.5 Å². The van der Waals surface area contributed by atoms with Gasteiger partial charge in [0.15, 0.2) is 0 Å². The maximum atomic E-state index is 12.6. The number of carbonyl (C=O) groups excluding carboxylic acids is 2. The summed E-state index contributed by atoms with van der Waals surface area (Å²) in [7, 11) is 1.59. The number of fused-ring (bicyclic) bond motifs is 1. The lowest BCUT2D eigenvalue weighted by atomic mass is 10.1. The minimum atomic E-state index is -0.623. The Hall–Kier alpha value is -2.63. The van der Waals surface area contributed by atoms with Crippen molar-refractivity contribution in [3.63, 3.8) is 0 Å². The molecule has 6 nitrogen and oxygen atoms in total. The Kier molecular flexibility index (Phi) is 5.96. The highest BCUT2D eigenvalue weighted by molar-refractivity contribution is 6.00. The molecule has 2 rings (SSSR count). The van der Waals surface area contributed by atoms with Gasteiger partial charge in [0.25, 0.3) is 5.91 Å². The van der Waals surface area contributed by atoms with Gasteiger partial charge in [0.05, 0.1) is 23.9 Å². The molecule has 0 aliphatic carbocycles. The van der Waals surface area contributed by atoms with E-state index in [9.17, 15) is 9.59 Å². The van der Waals surface area contributed by atoms with Crippen LogP contribution in [0.4, 0.5) is 0 Å². The van der Waals surface area contributed by atoms with E-state index >= 15 is 0 Å². The van der Waals surface area contributed by atoms with Crippen LogP contribution in [0.1, 0.15) is 43.2 Å². The molecule has 134 valence electrons. The molecule has 0 unspecified atom stereocenters. The lowest BCUT2D eigenvalue weighted by molar-refractivity contribution is -0.123. The van der Waals surface area contributed by atoms with Crippen LogP contribution in [0.2, 0.25) is 0 Å². The number of aromatic nitrogens is 1. The molecule has 1 heterocycles. The highest BCUT2D eigenvalue weighted by Gasteiger charge is 2.19. The molecule has 0 spiro atoms. The molecule has 0 bridgehead atoms. The topological polar surface area (TPSA) is 80.3 Å². The summed E-state index contributed by atoms with van der Waals surface area (Å²) in [5.74, 6) is 0.183. The Morgan fingerprint density at radius 1 is 1.20 bits per heavy atom. The number of benzene rings is 1. The Bertz CT molecular complexity index is 789. The van der Waals surface area contributed by atoms with Crippen LogP contribution in [0.3, 0.4) is 0 Å². The van der Waals surface area contributed by atoms with E-state index in [4.69, 9.17) is 4.74 Å². The lowest BCUT2D eigenvalue weighted by Crippen LogP contribution is -2.47. The summed E-state index contributed by atoms with van der Waals surface area (Å²) in [6, 6.07) is 6.73. The average molecular weight is 343 g/mol. The van der Waals surface area contributed by atoms with Crippen LogP contribution in [0.15, 0.2) is 24.3 Å². The molecule has 0 saturated heterocycles. The van der Waals surface area contributed by atoms with Crippen molar-refractivity contribution >= 4 is 22.7 Å². The molecular formula is C19H25N3O3. The molecule has 0 fully saturated rings. The van der Waals surface area contributed by atoms with Crippen LogP contribution in [-0.2, 0) is 4.79 Å². The fourth-order valence-electron chi connectivity index (χ4n) is 2.42. The van der Waals surface area contributed by atoms with E-state index in [0.717, 1.165) is 17.3 Å². The third kappa shape index (κ3) is 4.47. The highest BCUT2D eigenvalue weighted by atomic mass is 16.5. The quantitative estimate of drug-likeness (QED) is 0.845. The largest absolute Gasteiger partial charge is 0.497 e. The smallest absolute Gasteiger partial charge is 0.253 e. The number of aryl methyl sites for hydroxylation is 1. The number of methoxy groups -OCH3 is 1. The minimum Gasteiger partial charge on any atom is -0.497 e. The summed E-state index contributed by atoms with van der Waals surface area (Å²) in [5.41, 5.74) is 1.85. The summed E-state index contributed by atoms with van der Waals surface area (Å²) < 4.78 is 5.22. The molecule has 0 radical (unpaired) electrons. The van der Waals surface area contributed by atoms with Crippen LogP contribution in [-0.4, -0.2) is 36.0 Å². The third-order valence-corrected chi connectivity index (χ3v) is 4.20. The predicted octanol–water partition coefficient (Wildman–Crippen LogP) is 2.58. The Morgan fingerprint density at radius 2 is 1.92 bits per heavy atom. The van der Waals surface area contributed by atoms with Gasteiger partial charge in [-0.1, -0.05) is 6.92 Å². The number of rotatable bonds is 6. The van der Waals surface area contributed by atoms with Gasteiger partial charge in [0.1, 0.15) is 11.8 Å². The van der Waals surface area contributed by atoms with Gasteiger partial charge in [0, 0.05) is 11.4 Å². The zero-order valence-electron chi connectivity index (χ0n) is 15.3. The maximum absolute atomic E-state index is 12.6. The summed E-state index contributed by atoms with van der Waals surface area (Å²) in [6.07, 6.45) is 0.835. The van der Waals surface area contributed by atoms with Gasteiger partial charge in [-0.15, -0.1) is 0 Å². The second-order valence-corrected chi connectivity index (χ2v) is 6.19. The van der Waals surface area contributed by atoms with Crippen molar-refractivity contribution in [1.29, 1.82) is 0 Å². The van der Waals surface area contributed by atoms with Crippen molar-refractivity contribution in [2.75, 3.05) is 7.11 Å². The molecule has 25 heavy (non-hydrogen) atoms. The van der Waals surface area contributed by atoms with Gasteiger partial charge >= 0.3 is 0 Å². The second-order valence-electron chi connectivity index (χ2n) is 6.19. The molecule has 2 aromatic rings. The van der Waals surface area contributed by atoms with Crippen LogP contribution in [0.25, 0.3) is 10.9 Å². The Balaban J connectivity index is 2.20. The molecule has 0 aliphatic rings. The van der Waals surface area contributed by atoms with Gasteiger partial charge in [-0.2, -0.15) is 0 Å². The SMILES string of the molecule is CC[C@H](C)NC(=O)[C@H](C)NC(=O)c1cc2cc(OC)ccc2nc1C. The molecule has 2 amide bonds. The number of amides is 2. The number of nitrogens with zero attached hydrogens (tertiary/aromatic N) is 1. The number of pyridine rings is 1. The summed E-state index contributed by atoms with van der Waals surface area (Å²) >= 11 is 0. The van der Waals surface area contributed by atoms with E-state index < -0.39 is 6.04 Å². The first kappa shape index (κ1) is 18.7. The predicted molar refractivity (Wildman–Crippen MR) is 97.9 cm³/mol. The summed E-state index contributed by atoms with van der Waals surface area (Å²) in [6.45, 7) is 7.37. The monoisotopic (exact) mass is 343 g/mol. The van der Waals surface area contributed by atoms with E-state index in [2.05, 4.69) is 15.6 Å². The van der Waals surface area contributed by atoms with E-state index in [1.807, 2.05) is 32.0 Å². The molecule has 6 heteroatoms. The number of hydrogen-bond acceptors (Lipinski definition) is 4. The van der Waals surface area contributed by atoms with Gasteiger partial charge < -0.3 is 15.4 Å². The number of carbonyl (C=O) groups is 2. The van der Waals surface area contributed by atoms with Gasteiger partial charge in [-0.25, -0.2) is 0 Å². The molecule has 1 aromatic heterocycles. The first-order valence-corrected chi connectivity index (χ1v) is 8.42. The van der Waals surface area contributed by atoms with E-state index in [-0.39, 0.29) is 17.9 Å². The molecule has 0 saturated carbocycles. The van der Waals surface area contributed by atoms with Crippen LogP contribution in [0, 0.1) is 6.92 Å². The third-order valence-electron chi connectivity index (χ3n) is 4.20. The fourth-order valence-corrected chi connectivity index (χ4v) is 2.42. The minimum absolute atomic E-state index is 0.0726. The second kappa shape index (κ2) is 7.96. The first-order chi connectivity index (χ1) is 11.8. The van der Waals surface area contributed by atoms with Crippen LogP contribution >= 0.6 is 0 Å². The van der Waals surface area contributed by atoms with Gasteiger partial charge in [-0.3, -0.25) is 14.6 Å². The standard InChI is InChI=1S/C19H25N3O3/c1-6-11(2)20-18(23)13(4)22-19(24)16-10-14-9-15(25-5)7-8-17(14)21-12(16)3/h7-11,13H,6H2,1-5H3,(H,20,23)(H,22,24)/t11-,13-/m0/s1. The van der Waals surface area contributed by atoms with Crippen LogP contribution < -0.4 is 15.4 Å². The maximum Gasteiger partial charge on any atom is 0.253 e. The van der Waals surface area contributed by atoms with E-state index in [1.54, 1.807) is 27.0 Å². The van der Waals surface area contributed by atoms with Crippen molar-refractivity contribution in [3.05, 3.63) is 35.5 Å². The van der Waals surface area contributed by atoms with Crippen molar-refractivity contribution in [2.45, 2.75) is 46.2 Å². The van der Waals surface area contributed by atoms with Gasteiger partial charge in [0.2, 0.25) is 5.91 Å². The zero-order valence-corrected chi connectivity index (χ0v) is 15.3. The lowest BCUT2D eigenvalue weighted by Gasteiger charge is -2.18. The number of nitrogens with one attached hydrogen (secondary N) is 2. The van der Waals surface area contributed by atoms with Crippen molar-refractivity contribution < 1.29 is 14.3 Å². The summed E-state index contributed by atoms with van der Waals surface area (Å²) in [4.78, 5) is 29.1. The Morgan fingerprint density at radius 3 is 2.56 bits per heavy atom. The van der Waals surface area contributed by atoms with Crippen molar-refractivity contribution in [3.8, 4) is 5.75 Å². The molecule has 2 atom stereocenters. The molecule has 0 aliphatic heterocycles. The van der Waals surface area contributed by atoms with E-state index in [0.29, 0.717) is 17.0 Å². The molecule has 1 aromatic carbocycles. The first-order valence-electron chi connectivity index (χ1n) is 8.42. The van der Waals surface area contributed by atoms with Crippen molar-refractivity contribution in [2.24, 2.45) is 0 Å². The highest BCUT2D eigenvalue weighted by Crippen LogP contribution is 2.22. The van der Waals surface area contributed by atoms with Crippen molar-refractivity contribution in [1.82, 2.24) is 15.6 Å². The number of ether oxygens (including phenoxy) is 1. The van der Waals surface area contributed by atoms with Crippen LogP contribution in [0.5, 0.6) is 5.75 Å². The molecular weight excluding hydrogens is 318 g/mol. The summed E-state index contributed by atoms with van der Waals surface area (Å²) in [5, 5.41) is 6.41.